The van der Waals surface area contributed by atoms with Gasteiger partial charge in [0.25, 0.3) is 0 Å². The molecule has 1 rings (SSSR count). The Hall–Kier alpha value is -2.09. The van der Waals surface area contributed by atoms with Crippen LogP contribution in [0.1, 0.15) is 18.1 Å². The van der Waals surface area contributed by atoms with E-state index in [1.807, 2.05) is 36.4 Å². The summed E-state index contributed by atoms with van der Waals surface area (Å²) in [6, 6.07) is 8.02. The topological polar surface area (TPSA) is 37.3 Å². The number of benzene rings is 1. The molecule has 0 aliphatic heterocycles. The number of hydrogen-bond donors (Lipinski definition) is 1. The molecule has 0 bridgehead atoms. The van der Waals surface area contributed by atoms with Crippen molar-refractivity contribution in [3.8, 4) is 0 Å². The second-order valence-corrected chi connectivity index (χ2v) is 3.12. The van der Waals surface area contributed by atoms with Crippen molar-refractivity contribution in [2.45, 2.75) is 6.92 Å². The van der Waals surface area contributed by atoms with E-state index in [-0.39, 0.29) is 5.57 Å². The van der Waals surface area contributed by atoms with Gasteiger partial charge in [0.05, 0.1) is 0 Å². The molecule has 84 valence electrons. The monoisotopic (exact) mass is 216 g/mol. The van der Waals surface area contributed by atoms with Gasteiger partial charge in [-0.3, -0.25) is 0 Å². The maximum absolute atomic E-state index is 9.60. The first-order chi connectivity index (χ1) is 7.52. The Morgan fingerprint density at radius 2 is 1.50 bits per heavy atom. The lowest BCUT2D eigenvalue weighted by molar-refractivity contribution is -0.132. The molecule has 0 amide bonds. The third kappa shape index (κ3) is 4.96. The Morgan fingerprint density at radius 3 is 1.69 bits per heavy atom. The molecule has 0 fully saturated rings. The van der Waals surface area contributed by atoms with E-state index >= 15 is 0 Å². The van der Waals surface area contributed by atoms with Crippen molar-refractivity contribution in [3.05, 3.63) is 60.7 Å². The molecular weight excluding hydrogens is 200 g/mol. The fourth-order valence-corrected chi connectivity index (χ4v) is 0.883. The highest BCUT2D eigenvalue weighted by molar-refractivity contribution is 5.84. The van der Waals surface area contributed by atoms with Crippen LogP contribution in [-0.2, 0) is 4.79 Å². The van der Waals surface area contributed by atoms with Gasteiger partial charge in [0.2, 0.25) is 0 Å². The van der Waals surface area contributed by atoms with Crippen LogP contribution in [0.3, 0.4) is 0 Å². The lowest BCUT2D eigenvalue weighted by atomic mass is 10.1. The van der Waals surface area contributed by atoms with Crippen molar-refractivity contribution >= 4 is 18.1 Å². The summed E-state index contributed by atoms with van der Waals surface area (Å²) in [7, 11) is 0. The molecule has 0 heterocycles. The molecule has 1 aromatic rings. The van der Waals surface area contributed by atoms with Gasteiger partial charge in [-0.1, -0.05) is 56.2 Å². The van der Waals surface area contributed by atoms with Crippen LogP contribution in [0, 0.1) is 0 Å². The van der Waals surface area contributed by atoms with Gasteiger partial charge in [0.15, 0.2) is 0 Å². The predicted octanol–water partition coefficient (Wildman–Crippen LogP) is 3.62. The number of carboxylic acid groups (broad SMARTS) is 1. The zero-order valence-corrected chi connectivity index (χ0v) is 9.44. The second-order valence-electron chi connectivity index (χ2n) is 3.12. The van der Waals surface area contributed by atoms with Crippen molar-refractivity contribution in [1.29, 1.82) is 0 Å². The van der Waals surface area contributed by atoms with Crippen LogP contribution in [0.2, 0.25) is 0 Å². The number of carboxylic acids is 1. The molecular formula is C14H16O2. The molecule has 0 aromatic heterocycles. The highest BCUT2D eigenvalue weighted by atomic mass is 16.4. The van der Waals surface area contributed by atoms with Crippen LogP contribution < -0.4 is 0 Å². The van der Waals surface area contributed by atoms with Crippen molar-refractivity contribution < 1.29 is 9.90 Å². The Balaban J connectivity index is 0.000000325. The average molecular weight is 216 g/mol. The van der Waals surface area contributed by atoms with E-state index in [4.69, 9.17) is 5.11 Å². The first-order valence-corrected chi connectivity index (χ1v) is 4.75. The van der Waals surface area contributed by atoms with Gasteiger partial charge in [-0.2, -0.15) is 0 Å². The molecule has 2 nitrogen and oxygen atoms in total. The van der Waals surface area contributed by atoms with Crippen molar-refractivity contribution in [1.82, 2.24) is 0 Å². The fraction of sp³-hybridized carbons (Fsp3) is 0.0714. The summed E-state index contributed by atoms with van der Waals surface area (Å²) in [4.78, 5) is 9.60. The van der Waals surface area contributed by atoms with E-state index in [1.165, 1.54) is 6.92 Å². The summed E-state index contributed by atoms with van der Waals surface area (Å²) < 4.78 is 0. The molecule has 16 heavy (non-hydrogen) atoms. The zero-order chi connectivity index (χ0) is 12.6. The standard InChI is InChI=1S/C10H10.C4H6O2/c1-3-9-7-5-6-8-10(9)4-2;1-3(2)4(5)6/h3-8H,1-2H2;1H2,2H3,(H,5,6). The zero-order valence-electron chi connectivity index (χ0n) is 9.44. The molecule has 2 heteroatoms. The Bertz CT molecular complexity index is 364. The number of carbonyl (C=O) groups is 1. The molecule has 0 atom stereocenters. The van der Waals surface area contributed by atoms with E-state index in [9.17, 15) is 4.79 Å². The number of aliphatic carboxylic acids is 1. The highest BCUT2D eigenvalue weighted by Gasteiger charge is 1.90. The van der Waals surface area contributed by atoms with Crippen LogP contribution in [0.25, 0.3) is 12.2 Å². The first-order valence-electron chi connectivity index (χ1n) is 4.75. The molecule has 1 N–H and O–H groups in total. The smallest absolute Gasteiger partial charge is 0.330 e. The van der Waals surface area contributed by atoms with Gasteiger partial charge in [-0.25, -0.2) is 4.79 Å². The number of hydrogen-bond acceptors (Lipinski definition) is 1. The van der Waals surface area contributed by atoms with Gasteiger partial charge >= 0.3 is 5.97 Å². The van der Waals surface area contributed by atoms with E-state index < -0.39 is 5.97 Å². The van der Waals surface area contributed by atoms with Crippen molar-refractivity contribution in [2.24, 2.45) is 0 Å². The first kappa shape index (κ1) is 13.9. The predicted molar refractivity (Wildman–Crippen MR) is 69.1 cm³/mol. The highest BCUT2D eigenvalue weighted by Crippen LogP contribution is 2.10. The SMILES string of the molecule is C=C(C)C(=O)O.C=Cc1ccccc1C=C. The summed E-state index contributed by atoms with van der Waals surface area (Å²) in [5.41, 5.74) is 2.45. The fourth-order valence-electron chi connectivity index (χ4n) is 0.883. The van der Waals surface area contributed by atoms with Crippen LogP contribution in [-0.4, -0.2) is 11.1 Å². The molecule has 0 radical (unpaired) electrons. The molecule has 0 unspecified atom stereocenters. The van der Waals surface area contributed by atoms with Crippen LogP contribution in [0.15, 0.2) is 49.6 Å². The summed E-state index contributed by atoms with van der Waals surface area (Å²) in [5, 5.41) is 7.89. The van der Waals surface area contributed by atoms with E-state index in [0.717, 1.165) is 11.1 Å². The van der Waals surface area contributed by atoms with Gasteiger partial charge in [-0.15, -0.1) is 0 Å². The van der Waals surface area contributed by atoms with E-state index in [2.05, 4.69) is 19.7 Å². The minimum Gasteiger partial charge on any atom is -0.478 e. The van der Waals surface area contributed by atoms with Gasteiger partial charge in [0.1, 0.15) is 0 Å². The van der Waals surface area contributed by atoms with Crippen LogP contribution >= 0.6 is 0 Å². The summed E-state index contributed by atoms with van der Waals surface area (Å²) in [6.07, 6.45) is 3.66. The maximum atomic E-state index is 9.60. The Morgan fingerprint density at radius 1 is 1.19 bits per heavy atom. The quantitative estimate of drug-likeness (QED) is 0.783. The normalized spacial score (nSPS) is 8.31. The molecule has 0 aliphatic rings. The average Bonchev–Trinajstić information content (AvgIpc) is 2.29. The van der Waals surface area contributed by atoms with Crippen LogP contribution in [0.5, 0.6) is 0 Å². The minimum absolute atomic E-state index is 0.176. The van der Waals surface area contributed by atoms with Gasteiger partial charge in [0, 0.05) is 5.57 Å². The van der Waals surface area contributed by atoms with Gasteiger partial charge < -0.3 is 5.11 Å². The summed E-state index contributed by atoms with van der Waals surface area (Å²) >= 11 is 0. The van der Waals surface area contributed by atoms with E-state index in [0.29, 0.717) is 0 Å². The largest absolute Gasteiger partial charge is 0.478 e. The van der Waals surface area contributed by atoms with Gasteiger partial charge in [-0.05, 0) is 18.1 Å². The Labute approximate surface area is 96.2 Å². The molecule has 0 saturated carbocycles. The minimum atomic E-state index is -0.935. The third-order valence-corrected chi connectivity index (χ3v) is 1.80. The second kappa shape index (κ2) is 7.23. The third-order valence-electron chi connectivity index (χ3n) is 1.80. The lowest BCUT2D eigenvalue weighted by Crippen LogP contribution is -1.92. The lowest BCUT2D eigenvalue weighted by Gasteiger charge is -1.96. The van der Waals surface area contributed by atoms with Crippen LogP contribution in [0.4, 0.5) is 0 Å². The summed E-state index contributed by atoms with van der Waals surface area (Å²) in [6.45, 7) is 12.0. The van der Waals surface area contributed by atoms with Crippen molar-refractivity contribution in [3.63, 3.8) is 0 Å². The Kier molecular flexibility index (Phi) is 6.29. The molecule has 0 spiro atoms. The summed E-state index contributed by atoms with van der Waals surface area (Å²) in [5.74, 6) is -0.935. The number of rotatable bonds is 3. The van der Waals surface area contributed by atoms with Crippen molar-refractivity contribution in [2.75, 3.05) is 0 Å². The molecule has 0 saturated heterocycles. The van der Waals surface area contributed by atoms with E-state index in [1.54, 1.807) is 0 Å². The molecule has 0 aliphatic carbocycles. The molecule has 1 aromatic carbocycles. The maximum Gasteiger partial charge on any atom is 0.330 e.